The second-order valence-corrected chi connectivity index (χ2v) is 12.3. The Labute approximate surface area is 242 Å². The van der Waals surface area contributed by atoms with E-state index in [-0.39, 0.29) is 35.7 Å². The van der Waals surface area contributed by atoms with Crippen molar-refractivity contribution in [2.45, 2.75) is 69.0 Å². The molecule has 212 valence electrons. The van der Waals surface area contributed by atoms with E-state index in [9.17, 15) is 18.0 Å². The Hall–Kier alpha value is -3.20. The number of aryl methyl sites for hydroxylation is 1. The zero-order valence-electron chi connectivity index (χ0n) is 22.7. The minimum absolute atomic E-state index is 0.0330. The quantitative estimate of drug-likeness (QED) is 0.249. The summed E-state index contributed by atoms with van der Waals surface area (Å²) >= 11 is 6.09. The number of nitrogens with zero attached hydrogens (tertiary/aromatic N) is 1. The van der Waals surface area contributed by atoms with Gasteiger partial charge in [0, 0.05) is 30.6 Å². The number of sulfonamides is 1. The van der Waals surface area contributed by atoms with Crippen molar-refractivity contribution >= 4 is 33.4 Å². The van der Waals surface area contributed by atoms with E-state index in [1.165, 1.54) is 0 Å². The third kappa shape index (κ3) is 8.40. The lowest BCUT2D eigenvalue weighted by Crippen LogP contribution is -2.43. The number of amides is 2. The standard InChI is InChI=1S/C31H36ClN3O4S/c1-2-3-21-33-31(37)30(25-7-5-4-6-8-25)35(22-24-9-14-26(32)15-10-24)29(36)20-13-23-11-18-28(19-12-23)40(38,39)34-27-16-17-27/h4-12,14-15,18-19,27,30,34H,2-3,13,16-17,20-22H2,1H3,(H,33,37). The number of carbonyl (C=O) groups excluding carboxylic acids is 2. The molecule has 1 unspecified atom stereocenters. The van der Waals surface area contributed by atoms with Gasteiger partial charge in [-0.1, -0.05) is 79.5 Å². The maximum Gasteiger partial charge on any atom is 0.247 e. The third-order valence-electron chi connectivity index (χ3n) is 6.85. The highest BCUT2D eigenvalue weighted by atomic mass is 35.5. The highest BCUT2D eigenvalue weighted by Gasteiger charge is 2.31. The lowest BCUT2D eigenvalue weighted by molar-refractivity contribution is -0.141. The van der Waals surface area contributed by atoms with E-state index in [0.717, 1.165) is 42.4 Å². The summed E-state index contributed by atoms with van der Waals surface area (Å²) in [6, 6.07) is 22.4. The second kappa shape index (κ2) is 13.9. The first-order valence-corrected chi connectivity index (χ1v) is 15.6. The molecule has 1 aliphatic rings. The Balaban J connectivity index is 1.54. The summed E-state index contributed by atoms with van der Waals surface area (Å²) in [5.74, 6) is -0.402. The fourth-order valence-corrected chi connectivity index (χ4v) is 5.85. The molecule has 9 heteroatoms. The van der Waals surface area contributed by atoms with Crippen molar-refractivity contribution in [3.8, 4) is 0 Å². The SMILES string of the molecule is CCCCNC(=O)C(c1ccccc1)N(Cc1ccc(Cl)cc1)C(=O)CCc1ccc(S(=O)(=O)NC2CC2)cc1. The Kier molecular flexibility index (Phi) is 10.4. The normalized spacial score (nSPS) is 13.9. The Morgan fingerprint density at radius 1 is 0.950 bits per heavy atom. The molecule has 1 atom stereocenters. The maximum absolute atomic E-state index is 13.8. The van der Waals surface area contributed by atoms with Crippen molar-refractivity contribution in [3.05, 3.63) is 101 Å². The van der Waals surface area contributed by atoms with Crippen LogP contribution < -0.4 is 10.0 Å². The summed E-state index contributed by atoms with van der Waals surface area (Å²) < 4.78 is 27.7. The summed E-state index contributed by atoms with van der Waals surface area (Å²) in [6.45, 7) is 2.83. The highest BCUT2D eigenvalue weighted by molar-refractivity contribution is 7.89. The highest BCUT2D eigenvalue weighted by Crippen LogP contribution is 2.26. The molecule has 1 aliphatic carbocycles. The number of carbonyl (C=O) groups is 2. The Bertz CT molecular complexity index is 1380. The predicted molar refractivity (Wildman–Crippen MR) is 157 cm³/mol. The molecule has 0 bridgehead atoms. The molecular weight excluding hydrogens is 546 g/mol. The number of hydrogen-bond acceptors (Lipinski definition) is 4. The number of halogens is 1. The van der Waals surface area contributed by atoms with E-state index >= 15 is 0 Å². The lowest BCUT2D eigenvalue weighted by Gasteiger charge is -2.32. The molecule has 3 aromatic rings. The van der Waals surface area contributed by atoms with E-state index in [1.54, 1.807) is 41.3 Å². The number of hydrogen-bond donors (Lipinski definition) is 2. The van der Waals surface area contributed by atoms with Crippen LogP contribution in [0.5, 0.6) is 0 Å². The van der Waals surface area contributed by atoms with Gasteiger partial charge in [0.1, 0.15) is 6.04 Å². The van der Waals surface area contributed by atoms with Crippen molar-refractivity contribution in [2.24, 2.45) is 0 Å². The molecule has 2 amide bonds. The van der Waals surface area contributed by atoms with Crippen LogP contribution in [0.2, 0.25) is 5.02 Å². The minimum atomic E-state index is -3.54. The molecule has 0 saturated heterocycles. The summed E-state index contributed by atoms with van der Waals surface area (Å²) in [5.41, 5.74) is 2.43. The zero-order chi connectivity index (χ0) is 28.5. The summed E-state index contributed by atoms with van der Waals surface area (Å²) in [5, 5.41) is 3.60. The number of rotatable bonds is 14. The van der Waals surface area contributed by atoms with Gasteiger partial charge in [0.25, 0.3) is 0 Å². The van der Waals surface area contributed by atoms with Crippen LogP contribution in [-0.2, 0) is 32.6 Å². The Morgan fingerprint density at radius 3 is 2.23 bits per heavy atom. The Morgan fingerprint density at radius 2 is 1.60 bits per heavy atom. The van der Waals surface area contributed by atoms with Gasteiger partial charge in [-0.05, 0) is 66.6 Å². The molecule has 0 aliphatic heterocycles. The smallest absolute Gasteiger partial charge is 0.247 e. The molecule has 0 radical (unpaired) electrons. The van der Waals surface area contributed by atoms with Gasteiger partial charge < -0.3 is 10.2 Å². The topological polar surface area (TPSA) is 95.6 Å². The van der Waals surface area contributed by atoms with Crippen LogP contribution in [0.25, 0.3) is 0 Å². The molecule has 0 heterocycles. The van der Waals surface area contributed by atoms with Gasteiger partial charge in [-0.25, -0.2) is 13.1 Å². The minimum Gasteiger partial charge on any atom is -0.354 e. The fourth-order valence-electron chi connectivity index (χ4n) is 4.42. The number of nitrogens with one attached hydrogen (secondary N) is 2. The van der Waals surface area contributed by atoms with Crippen molar-refractivity contribution in [1.29, 1.82) is 0 Å². The molecule has 40 heavy (non-hydrogen) atoms. The summed E-state index contributed by atoms with van der Waals surface area (Å²) in [7, 11) is -3.54. The molecule has 2 N–H and O–H groups in total. The van der Waals surface area contributed by atoms with E-state index in [0.29, 0.717) is 18.0 Å². The van der Waals surface area contributed by atoms with Gasteiger partial charge in [-0.2, -0.15) is 0 Å². The molecule has 4 rings (SSSR count). The van der Waals surface area contributed by atoms with Crippen LogP contribution in [0, 0.1) is 0 Å². The molecule has 0 spiro atoms. The predicted octanol–water partition coefficient (Wildman–Crippen LogP) is 5.40. The average Bonchev–Trinajstić information content (AvgIpc) is 3.77. The van der Waals surface area contributed by atoms with Crippen molar-refractivity contribution in [1.82, 2.24) is 14.9 Å². The van der Waals surface area contributed by atoms with Gasteiger partial charge >= 0.3 is 0 Å². The van der Waals surface area contributed by atoms with Crippen LogP contribution in [0.4, 0.5) is 0 Å². The van der Waals surface area contributed by atoms with Crippen LogP contribution in [-0.4, -0.2) is 37.7 Å². The number of unbranched alkanes of at least 4 members (excludes halogenated alkanes) is 1. The summed E-state index contributed by atoms with van der Waals surface area (Å²) in [6.07, 6.45) is 4.09. The van der Waals surface area contributed by atoms with Gasteiger partial charge in [0.2, 0.25) is 21.8 Å². The van der Waals surface area contributed by atoms with Crippen LogP contribution in [0.15, 0.2) is 83.8 Å². The van der Waals surface area contributed by atoms with Gasteiger partial charge in [0.15, 0.2) is 0 Å². The molecule has 7 nitrogen and oxygen atoms in total. The van der Waals surface area contributed by atoms with E-state index in [1.807, 2.05) is 42.5 Å². The van der Waals surface area contributed by atoms with Gasteiger partial charge in [-0.3, -0.25) is 9.59 Å². The molecule has 1 saturated carbocycles. The van der Waals surface area contributed by atoms with Crippen molar-refractivity contribution < 1.29 is 18.0 Å². The van der Waals surface area contributed by atoms with Gasteiger partial charge in [0.05, 0.1) is 4.90 Å². The first-order chi connectivity index (χ1) is 19.3. The fraction of sp³-hybridized carbons (Fsp3) is 0.355. The molecular formula is C31H36ClN3O4S. The van der Waals surface area contributed by atoms with Crippen LogP contribution >= 0.6 is 11.6 Å². The van der Waals surface area contributed by atoms with E-state index in [2.05, 4.69) is 17.0 Å². The largest absolute Gasteiger partial charge is 0.354 e. The van der Waals surface area contributed by atoms with Gasteiger partial charge in [-0.15, -0.1) is 0 Å². The molecule has 0 aromatic heterocycles. The van der Waals surface area contributed by atoms with Crippen molar-refractivity contribution in [2.75, 3.05) is 6.54 Å². The first-order valence-electron chi connectivity index (χ1n) is 13.7. The maximum atomic E-state index is 13.8. The van der Waals surface area contributed by atoms with E-state index in [4.69, 9.17) is 11.6 Å². The second-order valence-electron chi connectivity index (χ2n) is 10.1. The summed E-state index contributed by atoms with van der Waals surface area (Å²) in [4.78, 5) is 29.1. The average molecular weight is 582 g/mol. The molecule has 1 fully saturated rings. The first kappa shape index (κ1) is 29.8. The molecule has 3 aromatic carbocycles. The zero-order valence-corrected chi connectivity index (χ0v) is 24.3. The van der Waals surface area contributed by atoms with E-state index < -0.39 is 16.1 Å². The van der Waals surface area contributed by atoms with Crippen molar-refractivity contribution in [3.63, 3.8) is 0 Å². The monoisotopic (exact) mass is 581 g/mol. The third-order valence-corrected chi connectivity index (χ3v) is 8.64. The lowest BCUT2D eigenvalue weighted by atomic mass is 10.0. The number of benzene rings is 3. The van der Waals surface area contributed by atoms with Crippen LogP contribution in [0.1, 0.15) is 61.8 Å². The van der Waals surface area contributed by atoms with Crippen LogP contribution in [0.3, 0.4) is 0 Å².